The zero-order valence-electron chi connectivity index (χ0n) is 8.62. The summed E-state index contributed by atoms with van der Waals surface area (Å²) in [6, 6.07) is 5.04. The summed E-state index contributed by atoms with van der Waals surface area (Å²) >= 11 is 20.7. The minimum Gasteiger partial charge on any atom is -0.454 e. The van der Waals surface area contributed by atoms with Crippen molar-refractivity contribution in [3.8, 4) is 5.75 Å². The summed E-state index contributed by atoms with van der Waals surface area (Å²) in [5.74, 6) is 0.395. The predicted octanol–water partition coefficient (Wildman–Crippen LogP) is 3.60. The van der Waals surface area contributed by atoms with Crippen molar-refractivity contribution in [1.82, 2.24) is 0 Å². The van der Waals surface area contributed by atoms with Gasteiger partial charge in [0, 0.05) is 9.40 Å². The number of nitro groups is 1. The first-order valence-corrected chi connectivity index (χ1v) is 6.61. The van der Waals surface area contributed by atoms with E-state index in [1.807, 2.05) is 0 Å². The summed E-state index contributed by atoms with van der Waals surface area (Å²) in [5.41, 5.74) is -1.19. The molecule has 9 heteroatoms. The van der Waals surface area contributed by atoms with Crippen LogP contribution in [0.25, 0.3) is 0 Å². The first-order valence-electron chi connectivity index (χ1n) is 4.69. The van der Waals surface area contributed by atoms with Crippen LogP contribution < -0.4 is 10.1 Å². The van der Waals surface area contributed by atoms with E-state index in [0.717, 1.165) is 4.47 Å². The maximum atomic E-state index is 10.7. The number of ether oxygens (including phenoxy) is 1. The summed E-state index contributed by atoms with van der Waals surface area (Å²) < 4.78 is 4.24. The van der Waals surface area contributed by atoms with E-state index in [1.54, 1.807) is 18.2 Å². The zero-order valence-corrected chi connectivity index (χ0v) is 12.5. The molecule has 0 amide bonds. The molecule has 0 unspecified atom stereocenters. The number of hydrogen-bond donors (Lipinski definition) is 1. The summed E-state index contributed by atoms with van der Waals surface area (Å²) in [6.07, 6.45) is 0. The Hall–Kier alpha value is -0.430. The summed E-state index contributed by atoms with van der Waals surface area (Å²) in [7, 11) is 0. The van der Waals surface area contributed by atoms with Crippen LogP contribution in [0.3, 0.4) is 0 Å². The second-order valence-electron chi connectivity index (χ2n) is 3.68. The molecule has 1 aliphatic rings. The first kappa shape index (κ1) is 14.0. The third kappa shape index (κ3) is 2.47. The lowest BCUT2D eigenvalue weighted by Gasteiger charge is -2.31. The van der Waals surface area contributed by atoms with Gasteiger partial charge in [0.05, 0.1) is 5.69 Å². The van der Waals surface area contributed by atoms with Gasteiger partial charge in [-0.1, -0.05) is 50.7 Å². The number of nitrogens with zero attached hydrogens (tertiary/aromatic N) is 1. The van der Waals surface area contributed by atoms with E-state index in [4.69, 9.17) is 39.5 Å². The number of halogens is 4. The van der Waals surface area contributed by atoms with Crippen LogP contribution in [0.15, 0.2) is 22.7 Å². The van der Waals surface area contributed by atoms with Crippen molar-refractivity contribution in [3.63, 3.8) is 0 Å². The number of benzene rings is 1. The molecular formula is C9H6BrCl3N2O3. The second-order valence-corrected chi connectivity index (χ2v) is 6.88. The highest BCUT2D eigenvalue weighted by molar-refractivity contribution is 9.10. The Morgan fingerprint density at radius 1 is 1.50 bits per heavy atom. The van der Waals surface area contributed by atoms with Crippen LogP contribution in [0.4, 0.5) is 5.69 Å². The highest BCUT2D eigenvalue weighted by atomic mass is 79.9. The number of anilines is 1. The van der Waals surface area contributed by atoms with Gasteiger partial charge in [-0.05, 0) is 18.2 Å². The minimum absolute atomic E-state index is 0.395. The van der Waals surface area contributed by atoms with Gasteiger partial charge < -0.3 is 10.1 Å². The molecule has 1 heterocycles. The minimum atomic E-state index is -1.99. The van der Waals surface area contributed by atoms with Gasteiger partial charge in [-0.2, -0.15) is 0 Å². The van der Waals surface area contributed by atoms with Gasteiger partial charge in [-0.25, -0.2) is 0 Å². The summed E-state index contributed by atoms with van der Waals surface area (Å²) in [4.78, 5) is 10.1. The molecule has 0 bridgehead atoms. The van der Waals surface area contributed by atoms with Crippen molar-refractivity contribution in [3.05, 3.63) is 32.8 Å². The molecule has 0 radical (unpaired) electrons. The highest BCUT2D eigenvalue weighted by Gasteiger charge is 2.59. The van der Waals surface area contributed by atoms with Crippen molar-refractivity contribution in [2.75, 3.05) is 11.9 Å². The molecule has 98 valence electrons. The second kappa shape index (κ2) is 4.59. The van der Waals surface area contributed by atoms with E-state index in [1.165, 1.54) is 0 Å². The lowest BCUT2D eigenvalue weighted by atomic mass is 10.2. The number of alkyl halides is 3. The number of nitrogens with one attached hydrogen (secondary N) is 1. The highest BCUT2D eigenvalue weighted by Crippen LogP contribution is 2.48. The smallest absolute Gasteiger partial charge is 0.292 e. The Kier molecular flexibility index (Phi) is 3.57. The van der Waals surface area contributed by atoms with Crippen molar-refractivity contribution in [2.24, 2.45) is 0 Å². The molecule has 0 aromatic heterocycles. The van der Waals surface area contributed by atoms with Crippen LogP contribution in [0.1, 0.15) is 0 Å². The molecule has 5 nitrogen and oxygen atoms in total. The molecule has 18 heavy (non-hydrogen) atoms. The van der Waals surface area contributed by atoms with Crippen LogP contribution in [-0.4, -0.2) is 21.0 Å². The van der Waals surface area contributed by atoms with E-state index >= 15 is 0 Å². The van der Waals surface area contributed by atoms with Gasteiger partial charge >= 0.3 is 0 Å². The molecule has 1 aromatic carbocycles. The lowest BCUT2D eigenvalue weighted by Crippen LogP contribution is -2.57. The molecule has 0 fully saturated rings. The number of rotatable bonds is 2. The average Bonchev–Trinajstić information content (AvgIpc) is 2.54. The largest absolute Gasteiger partial charge is 0.454 e. The fourth-order valence-electron chi connectivity index (χ4n) is 1.59. The SMILES string of the molecule is O=[N+]([O-])C[C@]1(C(Cl)(Cl)Cl)Nc2cc(Br)ccc2O1. The zero-order chi connectivity index (χ0) is 13.6. The average molecular weight is 376 g/mol. The fraction of sp³-hybridized carbons (Fsp3) is 0.333. The first-order chi connectivity index (χ1) is 8.23. The van der Waals surface area contributed by atoms with E-state index in [2.05, 4.69) is 21.2 Å². The van der Waals surface area contributed by atoms with Gasteiger partial charge in [0.2, 0.25) is 0 Å². The molecule has 1 atom stereocenters. The summed E-state index contributed by atoms with van der Waals surface area (Å²) in [6.45, 7) is -0.685. The Labute approximate surface area is 126 Å². The van der Waals surface area contributed by atoms with Crippen molar-refractivity contribution in [1.29, 1.82) is 0 Å². The van der Waals surface area contributed by atoms with Crippen LogP contribution in [-0.2, 0) is 0 Å². The van der Waals surface area contributed by atoms with E-state index in [9.17, 15) is 10.1 Å². The molecule has 1 aromatic rings. The molecular weight excluding hydrogens is 370 g/mol. The van der Waals surface area contributed by atoms with E-state index in [0.29, 0.717) is 11.4 Å². The molecule has 1 aliphatic heterocycles. The monoisotopic (exact) mass is 374 g/mol. The van der Waals surface area contributed by atoms with Crippen molar-refractivity contribution >= 4 is 56.4 Å². The van der Waals surface area contributed by atoms with Crippen LogP contribution in [0.5, 0.6) is 5.75 Å². The van der Waals surface area contributed by atoms with Gasteiger partial charge in [0.15, 0.2) is 0 Å². The Bertz CT molecular complexity index is 508. The van der Waals surface area contributed by atoms with Crippen molar-refractivity contribution in [2.45, 2.75) is 9.52 Å². The van der Waals surface area contributed by atoms with Gasteiger partial charge in [0.1, 0.15) is 5.75 Å². The lowest BCUT2D eigenvalue weighted by molar-refractivity contribution is -0.496. The van der Waals surface area contributed by atoms with Crippen LogP contribution in [0.2, 0.25) is 0 Å². The van der Waals surface area contributed by atoms with E-state index < -0.39 is 21.0 Å². The van der Waals surface area contributed by atoms with Gasteiger partial charge in [-0.15, -0.1) is 0 Å². The Morgan fingerprint density at radius 3 is 2.72 bits per heavy atom. The maximum Gasteiger partial charge on any atom is 0.292 e. The predicted molar refractivity (Wildman–Crippen MR) is 73.3 cm³/mol. The standard InChI is InChI=1S/C9H6BrCl3N2O3/c10-5-1-2-7-6(3-5)14-8(18-7,4-15(16)17)9(11,12)13/h1-3,14H,4H2/t8-/m0/s1. The molecule has 2 rings (SSSR count). The van der Waals surface area contributed by atoms with Crippen LogP contribution >= 0.6 is 50.7 Å². The maximum absolute atomic E-state index is 10.7. The molecule has 0 aliphatic carbocycles. The third-order valence-electron chi connectivity index (χ3n) is 2.37. The molecule has 1 N–H and O–H groups in total. The Balaban J connectivity index is 2.40. The number of hydrogen-bond acceptors (Lipinski definition) is 4. The van der Waals surface area contributed by atoms with Gasteiger partial charge in [0.25, 0.3) is 16.1 Å². The quantitative estimate of drug-likeness (QED) is 0.487. The normalized spacial score (nSPS) is 22.0. The van der Waals surface area contributed by atoms with E-state index in [-0.39, 0.29) is 0 Å². The summed E-state index contributed by atoms with van der Waals surface area (Å²) in [5, 5.41) is 13.5. The van der Waals surface area contributed by atoms with Crippen LogP contribution in [0, 0.1) is 10.1 Å². The molecule has 0 spiro atoms. The molecule has 0 saturated carbocycles. The third-order valence-corrected chi connectivity index (χ3v) is 3.78. The topological polar surface area (TPSA) is 64.4 Å². The van der Waals surface area contributed by atoms with Crippen molar-refractivity contribution < 1.29 is 9.66 Å². The fourth-order valence-corrected chi connectivity index (χ4v) is 2.39. The Morgan fingerprint density at radius 2 is 2.17 bits per heavy atom. The molecule has 0 saturated heterocycles. The van der Waals surface area contributed by atoms with Gasteiger partial charge in [-0.3, -0.25) is 10.1 Å². The number of fused-ring (bicyclic) bond motifs is 1.